The number of benzene rings is 4. The molecule has 0 aliphatic carbocycles. The zero-order valence-corrected chi connectivity index (χ0v) is 23.5. The van der Waals surface area contributed by atoms with E-state index in [-0.39, 0.29) is 49.0 Å². The first-order valence-corrected chi connectivity index (χ1v) is 13.4. The monoisotopic (exact) mass is 590 g/mol. The molecular weight excluding hydrogens is 566 g/mol. The van der Waals surface area contributed by atoms with Crippen molar-refractivity contribution in [3.05, 3.63) is 115 Å². The lowest BCUT2D eigenvalue weighted by Gasteiger charge is -2.33. The SMILES string of the molecule is CC(CCC(Cc1cccc(Cl)c1O)c1ccc(O)c(Cl)c1)(c1ccc(O)c(Cl)c1)c1ccc(O)c(Cl)c1. The molecule has 4 N–H and O–H groups in total. The molecule has 0 saturated carbocycles. The average molecular weight is 592 g/mol. The fourth-order valence-corrected chi connectivity index (χ4v) is 5.52. The standard InChI is InChI=1S/C30H26Cl4O4/c1-30(20-6-9-27(36)24(33)15-20,21-7-10-28(37)25(34)16-21)12-11-18(17-5-8-26(35)23(32)14-17)13-19-3-2-4-22(31)29(19)38/h2-10,14-16,18,35-38H,11-13H2,1H3. The van der Waals surface area contributed by atoms with Crippen LogP contribution in [0.25, 0.3) is 0 Å². The van der Waals surface area contributed by atoms with E-state index in [9.17, 15) is 20.4 Å². The van der Waals surface area contributed by atoms with Crippen LogP contribution in [0.3, 0.4) is 0 Å². The smallest absolute Gasteiger partial charge is 0.137 e. The molecule has 4 rings (SSSR count). The highest BCUT2D eigenvalue weighted by molar-refractivity contribution is 6.33. The molecule has 4 aromatic carbocycles. The van der Waals surface area contributed by atoms with Gasteiger partial charge in [-0.15, -0.1) is 0 Å². The van der Waals surface area contributed by atoms with E-state index < -0.39 is 5.41 Å². The van der Waals surface area contributed by atoms with Crippen molar-refractivity contribution in [1.29, 1.82) is 0 Å². The molecule has 0 spiro atoms. The minimum Gasteiger partial charge on any atom is -0.506 e. The minimum absolute atomic E-state index is 0.0120. The number of rotatable bonds is 8. The summed E-state index contributed by atoms with van der Waals surface area (Å²) in [6, 6.07) is 20.6. The van der Waals surface area contributed by atoms with Crippen LogP contribution in [0, 0.1) is 0 Å². The van der Waals surface area contributed by atoms with Gasteiger partial charge < -0.3 is 20.4 Å². The highest BCUT2D eigenvalue weighted by atomic mass is 35.5. The molecule has 8 heteroatoms. The Kier molecular flexibility index (Phi) is 8.59. The average Bonchev–Trinajstić information content (AvgIpc) is 2.89. The topological polar surface area (TPSA) is 80.9 Å². The van der Waals surface area contributed by atoms with Gasteiger partial charge in [-0.2, -0.15) is 0 Å². The molecule has 0 amide bonds. The van der Waals surface area contributed by atoms with Crippen molar-refractivity contribution in [3.8, 4) is 23.0 Å². The molecule has 4 nitrogen and oxygen atoms in total. The molecule has 0 aliphatic rings. The summed E-state index contributed by atoms with van der Waals surface area (Å²) in [6.45, 7) is 2.05. The maximum atomic E-state index is 10.6. The first-order valence-electron chi connectivity index (χ1n) is 11.9. The number of hydrogen-bond acceptors (Lipinski definition) is 4. The van der Waals surface area contributed by atoms with Gasteiger partial charge in [0.2, 0.25) is 0 Å². The lowest BCUT2D eigenvalue weighted by molar-refractivity contribution is 0.440. The second-order valence-electron chi connectivity index (χ2n) is 9.56. The first kappa shape index (κ1) is 28.3. The predicted molar refractivity (Wildman–Crippen MR) is 155 cm³/mol. The molecule has 0 bridgehead atoms. The third-order valence-corrected chi connectivity index (χ3v) is 8.36. The summed E-state index contributed by atoms with van der Waals surface area (Å²) >= 11 is 25.0. The van der Waals surface area contributed by atoms with Crippen molar-refractivity contribution in [2.75, 3.05) is 0 Å². The van der Waals surface area contributed by atoms with E-state index in [1.54, 1.807) is 48.5 Å². The summed E-state index contributed by atoms with van der Waals surface area (Å²) in [5, 5.41) is 41.6. The van der Waals surface area contributed by atoms with Crippen LogP contribution in [-0.4, -0.2) is 20.4 Å². The summed E-state index contributed by atoms with van der Waals surface area (Å²) in [5.74, 6) is -0.134. The van der Waals surface area contributed by atoms with Gasteiger partial charge in [0.25, 0.3) is 0 Å². The maximum absolute atomic E-state index is 10.6. The third kappa shape index (κ3) is 5.94. The fraction of sp³-hybridized carbons (Fsp3) is 0.200. The van der Waals surface area contributed by atoms with Gasteiger partial charge in [0.05, 0.1) is 20.1 Å². The van der Waals surface area contributed by atoms with Gasteiger partial charge in [0.1, 0.15) is 23.0 Å². The Balaban J connectivity index is 1.77. The van der Waals surface area contributed by atoms with E-state index in [2.05, 4.69) is 6.92 Å². The van der Waals surface area contributed by atoms with Gasteiger partial charge in [-0.1, -0.05) is 83.7 Å². The van der Waals surface area contributed by atoms with Crippen LogP contribution in [0.5, 0.6) is 23.0 Å². The van der Waals surface area contributed by atoms with Crippen LogP contribution < -0.4 is 0 Å². The van der Waals surface area contributed by atoms with E-state index in [0.29, 0.717) is 24.8 Å². The van der Waals surface area contributed by atoms with Crippen molar-refractivity contribution in [3.63, 3.8) is 0 Å². The van der Waals surface area contributed by atoms with Crippen LogP contribution in [0.15, 0.2) is 72.8 Å². The number of phenols is 4. The van der Waals surface area contributed by atoms with E-state index in [4.69, 9.17) is 46.4 Å². The molecule has 4 aromatic rings. The lowest BCUT2D eigenvalue weighted by atomic mass is 9.71. The Labute approximate surface area is 241 Å². The number of phenolic OH excluding ortho intramolecular Hbond substituents is 4. The molecule has 38 heavy (non-hydrogen) atoms. The largest absolute Gasteiger partial charge is 0.506 e. The molecule has 0 aromatic heterocycles. The maximum Gasteiger partial charge on any atom is 0.137 e. The number of aromatic hydroxyl groups is 4. The molecule has 0 aliphatic heterocycles. The molecule has 0 fully saturated rings. The number of para-hydroxylation sites is 1. The molecule has 0 heterocycles. The van der Waals surface area contributed by atoms with Crippen LogP contribution in [0.2, 0.25) is 20.1 Å². The Bertz CT molecular complexity index is 1420. The molecule has 0 radical (unpaired) electrons. The van der Waals surface area contributed by atoms with Gasteiger partial charge >= 0.3 is 0 Å². The normalized spacial score (nSPS) is 12.4. The highest BCUT2D eigenvalue weighted by Gasteiger charge is 2.32. The van der Waals surface area contributed by atoms with Crippen LogP contribution >= 0.6 is 46.4 Å². The van der Waals surface area contributed by atoms with Gasteiger partial charge in [0, 0.05) is 5.41 Å². The Hall–Kier alpha value is -2.76. The van der Waals surface area contributed by atoms with E-state index in [1.165, 1.54) is 0 Å². The second kappa shape index (κ2) is 11.5. The summed E-state index contributed by atoms with van der Waals surface area (Å²) in [5.41, 5.74) is 2.67. The molecule has 0 saturated heterocycles. The summed E-state index contributed by atoms with van der Waals surface area (Å²) in [6.07, 6.45) is 1.69. The second-order valence-corrected chi connectivity index (χ2v) is 11.2. The summed E-state index contributed by atoms with van der Waals surface area (Å²) in [7, 11) is 0. The number of hydrogen-bond donors (Lipinski definition) is 4. The van der Waals surface area contributed by atoms with E-state index >= 15 is 0 Å². The molecular formula is C30H26Cl4O4. The molecule has 1 atom stereocenters. The zero-order chi connectivity index (χ0) is 27.6. The Morgan fingerprint density at radius 1 is 0.658 bits per heavy atom. The van der Waals surface area contributed by atoms with Crippen molar-refractivity contribution in [1.82, 2.24) is 0 Å². The summed E-state index contributed by atoms with van der Waals surface area (Å²) < 4.78 is 0. The van der Waals surface area contributed by atoms with Gasteiger partial charge in [0.15, 0.2) is 0 Å². The molecule has 198 valence electrons. The first-order chi connectivity index (χ1) is 18.0. The van der Waals surface area contributed by atoms with E-state index in [1.807, 2.05) is 24.3 Å². The Morgan fingerprint density at radius 2 is 1.18 bits per heavy atom. The van der Waals surface area contributed by atoms with Gasteiger partial charge in [-0.3, -0.25) is 0 Å². The Morgan fingerprint density at radius 3 is 1.71 bits per heavy atom. The van der Waals surface area contributed by atoms with Gasteiger partial charge in [-0.25, -0.2) is 0 Å². The zero-order valence-electron chi connectivity index (χ0n) is 20.4. The van der Waals surface area contributed by atoms with Crippen LogP contribution in [-0.2, 0) is 11.8 Å². The third-order valence-electron chi connectivity index (χ3n) is 7.14. The minimum atomic E-state index is -0.621. The van der Waals surface area contributed by atoms with Crippen molar-refractivity contribution in [2.24, 2.45) is 0 Å². The van der Waals surface area contributed by atoms with Crippen molar-refractivity contribution in [2.45, 2.75) is 37.5 Å². The molecule has 1 unspecified atom stereocenters. The van der Waals surface area contributed by atoms with Gasteiger partial charge in [-0.05, 0) is 89.9 Å². The quantitative estimate of drug-likeness (QED) is 0.165. The lowest BCUT2D eigenvalue weighted by Crippen LogP contribution is -2.25. The number of halogens is 4. The van der Waals surface area contributed by atoms with Crippen LogP contribution in [0.1, 0.15) is 47.9 Å². The van der Waals surface area contributed by atoms with E-state index in [0.717, 1.165) is 16.7 Å². The fourth-order valence-electron chi connectivity index (χ4n) is 4.77. The summed E-state index contributed by atoms with van der Waals surface area (Å²) in [4.78, 5) is 0. The van der Waals surface area contributed by atoms with Crippen molar-refractivity contribution < 1.29 is 20.4 Å². The predicted octanol–water partition coefficient (Wildman–Crippen LogP) is 9.24. The van der Waals surface area contributed by atoms with Crippen molar-refractivity contribution >= 4 is 46.4 Å². The highest BCUT2D eigenvalue weighted by Crippen LogP contribution is 2.44. The van der Waals surface area contributed by atoms with Crippen LogP contribution in [0.4, 0.5) is 0 Å².